The molecule has 136 valence electrons. The van der Waals surface area contributed by atoms with E-state index in [-0.39, 0.29) is 29.7 Å². The lowest BCUT2D eigenvalue weighted by Gasteiger charge is -2.34. The second kappa shape index (κ2) is 5.94. The van der Waals surface area contributed by atoms with E-state index in [1.165, 1.54) is 17.0 Å². The summed E-state index contributed by atoms with van der Waals surface area (Å²) in [7, 11) is -1.52. The topological polar surface area (TPSA) is 88.1 Å². The fourth-order valence-electron chi connectivity index (χ4n) is 3.33. The maximum absolute atomic E-state index is 13.9. The number of carbonyl (C=O) groups is 1. The van der Waals surface area contributed by atoms with Gasteiger partial charge in [0.2, 0.25) is 0 Å². The molecule has 0 bridgehead atoms. The Morgan fingerprint density at radius 2 is 2.19 bits per heavy atom. The zero-order valence-corrected chi connectivity index (χ0v) is 14.8. The maximum atomic E-state index is 13.9. The number of carbonyl (C=O) groups excluding carboxylic acids is 1. The SMILES string of the molecule is Cn1cc([C@@H]2CS(=O)(=O)CCN2C(=O)c2cc3c(F)cccc3[nH]2)cn1. The van der Waals surface area contributed by atoms with Crippen LogP contribution < -0.4 is 0 Å². The molecule has 0 aliphatic carbocycles. The fraction of sp³-hybridized carbons (Fsp3) is 0.294. The molecule has 1 aliphatic heterocycles. The zero-order valence-electron chi connectivity index (χ0n) is 14.0. The smallest absolute Gasteiger partial charge is 0.270 e. The van der Waals surface area contributed by atoms with Crippen molar-refractivity contribution in [2.45, 2.75) is 6.04 Å². The number of benzene rings is 1. The molecule has 0 unspecified atom stereocenters. The van der Waals surface area contributed by atoms with Crippen molar-refractivity contribution in [3.63, 3.8) is 0 Å². The van der Waals surface area contributed by atoms with E-state index < -0.39 is 21.7 Å². The van der Waals surface area contributed by atoms with Crippen molar-refractivity contribution < 1.29 is 17.6 Å². The Balaban J connectivity index is 1.73. The standard InChI is InChI=1S/C17H17FN4O3S/c1-21-9-11(8-19-21)16-10-26(24,25)6-5-22(16)17(23)15-7-12-13(18)3-2-4-14(12)20-15/h2-4,7-9,16,20H,5-6,10H2,1H3/t16-/m0/s1. The average Bonchev–Trinajstić information content (AvgIpc) is 3.20. The van der Waals surface area contributed by atoms with Gasteiger partial charge in [0, 0.05) is 36.3 Å². The third kappa shape index (κ3) is 2.88. The summed E-state index contributed by atoms with van der Waals surface area (Å²) in [4.78, 5) is 17.5. The minimum absolute atomic E-state index is 0.0819. The lowest BCUT2D eigenvalue weighted by Crippen LogP contribution is -2.46. The van der Waals surface area contributed by atoms with E-state index >= 15 is 0 Å². The van der Waals surface area contributed by atoms with E-state index in [0.29, 0.717) is 16.5 Å². The van der Waals surface area contributed by atoms with Crippen LogP contribution in [0.1, 0.15) is 22.1 Å². The van der Waals surface area contributed by atoms with Crippen LogP contribution >= 0.6 is 0 Å². The normalized spacial score (nSPS) is 19.8. The van der Waals surface area contributed by atoms with Crippen LogP contribution in [0.2, 0.25) is 0 Å². The van der Waals surface area contributed by atoms with Gasteiger partial charge in [-0.2, -0.15) is 5.10 Å². The van der Waals surface area contributed by atoms with Crippen LogP contribution in [0.3, 0.4) is 0 Å². The summed E-state index contributed by atoms with van der Waals surface area (Å²) >= 11 is 0. The minimum Gasteiger partial charge on any atom is -0.350 e. The molecular weight excluding hydrogens is 359 g/mol. The Morgan fingerprint density at radius 3 is 2.88 bits per heavy atom. The number of H-pyrrole nitrogens is 1. The van der Waals surface area contributed by atoms with Crippen LogP contribution in [0, 0.1) is 5.82 Å². The van der Waals surface area contributed by atoms with E-state index in [4.69, 9.17) is 0 Å². The summed E-state index contributed by atoms with van der Waals surface area (Å²) in [5, 5.41) is 4.41. The molecule has 26 heavy (non-hydrogen) atoms. The number of rotatable bonds is 2. The molecule has 1 aromatic carbocycles. The van der Waals surface area contributed by atoms with Crippen molar-refractivity contribution >= 4 is 26.6 Å². The van der Waals surface area contributed by atoms with Crippen LogP contribution in [0.5, 0.6) is 0 Å². The van der Waals surface area contributed by atoms with Gasteiger partial charge in [-0.05, 0) is 18.2 Å². The molecule has 7 nitrogen and oxygen atoms in total. The number of hydrogen-bond acceptors (Lipinski definition) is 4. The second-order valence-corrected chi connectivity index (χ2v) is 8.69. The van der Waals surface area contributed by atoms with Gasteiger partial charge in [0.1, 0.15) is 11.5 Å². The van der Waals surface area contributed by atoms with Crippen LogP contribution in [-0.2, 0) is 16.9 Å². The van der Waals surface area contributed by atoms with Gasteiger partial charge >= 0.3 is 0 Å². The predicted molar refractivity (Wildman–Crippen MR) is 93.9 cm³/mol. The second-order valence-electron chi connectivity index (χ2n) is 6.46. The molecule has 1 amide bonds. The van der Waals surface area contributed by atoms with Gasteiger partial charge in [-0.25, -0.2) is 12.8 Å². The molecule has 0 radical (unpaired) electrons. The molecule has 3 heterocycles. The molecule has 1 aliphatic rings. The van der Waals surface area contributed by atoms with Crippen molar-refractivity contribution in [2.24, 2.45) is 7.05 Å². The summed E-state index contributed by atoms with van der Waals surface area (Å²) < 4.78 is 39.7. The highest BCUT2D eigenvalue weighted by atomic mass is 32.2. The van der Waals surface area contributed by atoms with Gasteiger partial charge in [0.05, 0.1) is 23.7 Å². The summed E-state index contributed by atoms with van der Waals surface area (Å²) in [6.45, 7) is 0.0819. The molecule has 1 N–H and O–H groups in total. The molecular formula is C17H17FN4O3S. The maximum Gasteiger partial charge on any atom is 0.270 e. The van der Waals surface area contributed by atoms with Crippen LogP contribution in [0.4, 0.5) is 4.39 Å². The third-order valence-electron chi connectivity index (χ3n) is 4.64. The highest BCUT2D eigenvalue weighted by molar-refractivity contribution is 7.91. The first kappa shape index (κ1) is 16.8. The summed E-state index contributed by atoms with van der Waals surface area (Å²) in [6.07, 6.45) is 3.27. The Labute approximate surface area is 149 Å². The lowest BCUT2D eigenvalue weighted by molar-refractivity contribution is 0.0692. The number of nitrogens with one attached hydrogen (secondary N) is 1. The van der Waals surface area contributed by atoms with E-state index in [2.05, 4.69) is 10.1 Å². The van der Waals surface area contributed by atoms with Gasteiger partial charge in [0.25, 0.3) is 5.91 Å². The Hall–Kier alpha value is -2.68. The number of sulfone groups is 1. The van der Waals surface area contributed by atoms with Gasteiger partial charge in [-0.1, -0.05) is 6.07 Å². The molecule has 4 rings (SSSR count). The molecule has 0 spiro atoms. The van der Waals surface area contributed by atoms with Crippen LogP contribution in [0.25, 0.3) is 10.9 Å². The van der Waals surface area contributed by atoms with Crippen molar-refractivity contribution in [3.8, 4) is 0 Å². The monoisotopic (exact) mass is 376 g/mol. The number of fused-ring (bicyclic) bond motifs is 1. The quantitative estimate of drug-likeness (QED) is 0.737. The molecule has 1 saturated heterocycles. The van der Waals surface area contributed by atoms with E-state index in [1.807, 2.05) is 0 Å². The highest BCUT2D eigenvalue weighted by Gasteiger charge is 2.36. The molecule has 0 saturated carbocycles. The molecule has 3 aromatic rings. The number of nitrogens with zero attached hydrogens (tertiary/aromatic N) is 3. The van der Waals surface area contributed by atoms with Gasteiger partial charge in [0.15, 0.2) is 9.84 Å². The van der Waals surface area contributed by atoms with Gasteiger partial charge in [-0.15, -0.1) is 0 Å². The van der Waals surface area contributed by atoms with Crippen molar-refractivity contribution in [2.75, 3.05) is 18.1 Å². The largest absolute Gasteiger partial charge is 0.350 e. The summed E-state index contributed by atoms with van der Waals surface area (Å²) in [5.41, 5.74) is 1.42. The molecule has 2 aromatic heterocycles. The highest BCUT2D eigenvalue weighted by Crippen LogP contribution is 2.29. The summed E-state index contributed by atoms with van der Waals surface area (Å²) in [6, 6.07) is 5.43. The molecule has 1 fully saturated rings. The number of hydrogen-bond donors (Lipinski definition) is 1. The first-order chi connectivity index (χ1) is 12.3. The summed E-state index contributed by atoms with van der Waals surface area (Å²) in [5.74, 6) is -1.02. The number of halogens is 1. The van der Waals surface area contributed by atoms with Gasteiger partial charge < -0.3 is 9.88 Å². The first-order valence-corrected chi connectivity index (χ1v) is 9.93. The van der Waals surface area contributed by atoms with Crippen molar-refractivity contribution in [1.82, 2.24) is 19.7 Å². The number of aromatic amines is 1. The zero-order chi connectivity index (χ0) is 18.5. The van der Waals surface area contributed by atoms with Crippen molar-refractivity contribution in [3.05, 3.63) is 53.7 Å². The minimum atomic E-state index is -3.25. The number of amides is 1. The Kier molecular flexibility index (Phi) is 3.83. The van der Waals surface area contributed by atoms with Crippen LogP contribution in [-0.4, -0.2) is 52.0 Å². The molecule has 9 heteroatoms. The fourth-order valence-corrected chi connectivity index (χ4v) is 4.82. The predicted octanol–water partition coefficient (Wildman–Crippen LogP) is 1.65. The van der Waals surface area contributed by atoms with Crippen LogP contribution in [0.15, 0.2) is 36.7 Å². The third-order valence-corrected chi connectivity index (χ3v) is 6.27. The average molecular weight is 376 g/mol. The Bertz CT molecular complexity index is 1100. The number of aromatic nitrogens is 3. The Morgan fingerprint density at radius 1 is 1.38 bits per heavy atom. The van der Waals surface area contributed by atoms with E-state index in [0.717, 1.165) is 0 Å². The number of aryl methyl sites for hydroxylation is 1. The van der Waals surface area contributed by atoms with E-state index in [1.54, 1.807) is 36.3 Å². The van der Waals surface area contributed by atoms with Crippen molar-refractivity contribution in [1.29, 1.82) is 0 Å². The van der Waals surface area contributed by atoms with E-state index in [9.17, 15) is 17.6 Å². The lowest BCUT2D eigenvalue weighted by atomic mass is 10.1. The first-order valence-electron chi connectivity index (χ1n) is 8.11. The van der Waals surface area contributed by atoms with Gasteiger partial charge in [-0.3, -0.25) is 9.48 Å². The molecule has 1 atom stereocenters.